The Morgan fingerprint density at radius 2 is 0.885 bits per heavy atom. The summed E-state index contributed by atoms with van der Waals surface area (Å²) < 4.78 is 6.73. The van der Waals surface area contributed by atoms with Crippen LogP contribution in [0.4, 0.5) is 5.69 Å². The molecule has 7 aromatic carbocycles. The monoisotopic (exact) mass is 664 g/mol. The minimum Gasteiger partial charge on any atom is -0.457 e. The normalized spacial score (nSPS) is 12.5. The van der Waals surface area contributed by atoms with Gasteiger partial charge in [0.1, 0.15) is 11.5 Å². The van der Waals surface area contributed by atoms with E-state index in [0.29, 0.717) is 5.69 Å². The Morgan fingerprint density at radius 3 is 1.52 bits per heavy atom. The molecule has 3 nitrogen and oxygen atoms in total. The van der Waals surface area contributed by atoms with Crippen molar-refractivity contribution in [3.05, 3.63) is 228 Å². The van der Waals surface area contributed by atoms with E-state index in [1.807, 2.05) is 48.5 Å². The molecule has 3 heteroatoms. The molecule has 0 aliphatic carbocycles. The molecule has 0 N–H and O–H groups in total. The molecule has 9 rings (SSSR count). The summed E-state index contributed by atoms with van der Waals surface area (Å²) in [7, 11) is 0. The third-order valence-corrected chi connectivity index (χ3v) is 10.0. The van der Waals surface area contributed by atoms with Gasteiger partial charge in [0.2, 0.25) is 0 Å². The van der Waals surface area contributed by atoms with E-state index < -0.39 is 5.41 Å². The average Bonchev–Trinajstić information content (AvgIpc) is 3.23. The zero-order valence-corrected chi connectivity index (χ0v) is 28.3. The van der Waals surface area contributed by atoms with Crippen LogP contribution in [0.25, 0.3) is 49.6 Å². The van der Waals surface area contributed by atoms with Crippen LogP contribution in [-0.2, 0) is 5.41 Å². The Balaban J connectivity index is 1.13. The van der Waals surface area contributed by atoms with Crippen molar-refractivity contribution in [1.29, 1.82) is 0 Å². The van der Waals surface area contributed by atoms with Crippen molar-refractivity contribution < 1.29 is 4.74 Å². The number of rotatable bonds is 6. The molecule has 1 aliphatic rings. The number of aromatic nitrogens is 1. The van der Waals surface area contributed by atoms with Crippen molar-refractivity contribution in [2.75, 3.05) is 0 Å². The smallest absolute Gasteiger partial charge is 0.187 e. The molecule has 8 aromatic rings. The Hall–Kier alpha value is -7.02. The number of hydrogen-bond donors (Lipinski definition) is 0. The third kappa shape index (κ3) is 5.35. The lowest BCUT2D eigenvalue weighted by Crippen LogP contribution is -2.34. The summed E-state index contributed by atoms with van der Waals surface area (Å²) in [5.74, 6) is 1.71. The van der Waals surface area contributed by atoms with Gasteiger partial charge in [0, 0.05) is 22.3 Å². The maximum absolute atomic E-state index is 7.36. The first-order valence-corrected chi connectivity index (χ1v) is 17.4. The second-order valence-corrected chi connectivity index (χ2v) is 13.0. The van der Waals surface area contributed by atoms with Gasteiger partial charge in [-0.1, -0.05) is 170 Å². The summed E-state index contributed by atoms with van der Waals surface area (Å²) >= 11 is 0. The van der Waals surface area contributed by atoms with Crippen LogP contribution in [0.1, 0.15) is 22.3 Å². The van der Waals surface area contributed by atoms with Crippen LogP contribution in [0.15, 0.2) is 194 Å². The number of hydrogen-bond acceptors (Lipinski definition) is 2. The van der Waals surface area contributed by atoms with Crippen LogP contribution in [0.2, 0.25) is 0 Å². The Bertz CT molecular complexity index is 2530. The zero-order valence-electron chi connectivity index (χ0n) is 28.3. The largest absolute Gasteiger partial charge is 0.457 e. The lowest BCUT2D eigenvalue weighted by atomic mass is 9.63. The fraction of sp³-hybridized carbons (Fsp3) is 0.0204. The van der Waals surface area contributed by atoms with Crippen molar-refractivity contribution in [3.8, 4) is 56.3 Å². The zero-order chi connectivity index (χ0) is 34.9. The Morgan fingerprint density at radius 1 is 0.404 bits per heavy atom. The SMILES string of the molecule is [C-]#[N+]c1ccc(-c2cc(-c3ccccc3)nc(-c3ccc(-c4ccc5c(c4)Oc4ccccc4C5(c4ccccc4)c4ccccc4)cc3)c2)cc1. The molecule has 0 saturated carbocycles. The van der Waals surface area contributed by atoms with E-state index in [2.05, 4.69) is 150 Å². The van der Waals surface area contributed by atoms with Gasteiger partial charge in [0.25, 0.3) is 0 Å². The highest BCUT2D eigenvalue weighted by molar-refractivity contribution is 5.79. The molecule has 0 radical (unpaired) electrons. The molecule has 52 heavy (non-hydrogen) atoms. The van der Waals surface area contributed by atoms with Crippen LogP contribution < -0.4 is 4.74 Å². The van der Waals surface area contributed by atoms with Gasteiger partial charge >= 0.3 is 0 Å². The molecule has 0 unspecified atom stereocenters. The minimum absolute atomic E-state index is 0.543. The highest BCUT2D eigenvalue weighted by Crippen LogP contribution is 2.55. The lowest BCUT2D eigenvalue weighted by molar-refractivity contribution is 0.435. The summed E-state index contributed by atoms with van der Waals surface area (Å²) in [6, 6.07) is 67.4. The number of benzene rings is 7. The number of para-hydroxylation sites is 1. The highest BCUT2D eigenvalue weighted by atomic mass is 16.5. The van der Waals surface area contributed by atoms with Crippen molar-refractivity contribution in [1.82, 2.24) is 4.98 Å². The average molecular weight is 665 g/mol. The first-order chi connectivity index (χ1) is 25.7. The second-order valence-electron chi connectivity index (χ2n) is 13.0. The fourth-order valence-electron chi connectivity index (χ4n) is 7.55. The van der Waals surface area contributed by atoms with E-state index in [4.69, 9.17) is 16.3 Å². The molecule has 0 saturated heterocycles. The molecule has 244 valence electrons. The molecule has 2 heterocycles. The van der Waals surface area contributed by atoms with Crippen molar-refractivity contribution in [3.63, 3.8) is 0 Å². The Labute approximate surface area is 303 Å². The van der Waals surface area contributed by atoms with E-state index in [1.165, 1.54) is 11.1 Å². The number of pyridine rings is 1. The number of ether oxygens (including phenoxy) is 1. The predicted octanol–water partition coefficient (Wildman–Crippen LogP) is 12.8. The van der Waals surface area contributed by atoms with E-state index in [9.17, 15) is 0 Å². The van der Waals surface area contributed by atoms with Crippen LogP contribution in [-0.4, -0.2) is 4.98 Å². The van der Waals surface area contributed by atoms with Gasteiger partial charge in [-0.25, -0.2) is 9.83 Å². The van der Waals surface area contributed by atoms with E-state index >= 15 is 0 Å². The summed E-state index contributed by atoms with van der Waals surface area (Å²) in [6.07, 6.45) is 0. The second kappa shape index (κ2) is 13.0. The van der Waals surface area contributed by atoms with Crippen LogP contribution >= 0.6 is 0 Å². The number of fused-ring (bicyclic) bond motifs is 2. The molecule has 0 fully saturated rings. The lowest BCUT2D eigenvalue weighted by Gasteiger charge is -2.41. The molecule has 0 spiro atoms. The number of nitrogens with zero attached hydrogens (tertiary/aromatic N) is 2. The van der Waals surface area contributed by atoms with E-state index in [-0.39, 0.29) is 0 Å². The van der Waals surface area contributed by atoms with Gasteiger partial charge in [0.05, 0.1) is 23.4 Å². The minimum atomic E-state index is -0.543. The van der Waals surface area contributed by atoms with Gasteiger partial charge in [-0.05, 0) is 57.6 Å². The third-order valence-electron chi connectivity index (χ3n) is 10.0. The molecular formula is C49H32N2O. The fourth-order valence-corrected chi connectivity index (χ4v) is 7.55. The first-order valence-electron chi connectivity index (χ1n) is 17.4. The molecule has 1 aromatic heterocycles. The van der Waals surface area contributed by atoms with Gasteiger partial charge < -0.3 is 4.74 Å². The standard InChI is InChI=1S/C49H32N2O/c1-50-42-28-25-35(26-29-42)39-31-45(36-13-5-2-6-14-36)51-46(32-39)37-23-21-34(22-24-37)38-27-30-44-48(33-38)52-47-20-12-11-19-43(47)49(44,40-15-7-3-8-16-40)41-17-9-4-10-18-41/h2-33H. The maximum atomic E-state index is 7.36. The van der Waals surface area contributed by atoms with E-state index in [0.717, 1.165) is 67.4 Å². The quantitative estimate of drug-likeness (QED) is 0.165. The predicted molar refractivity (Wildman–Crippen MR) is 211 cm³/mol. The van der Waals surface area contributed by atoms with Crippen molar-refractivity contribution >= 4 is 5.69 Å². The topological polar surface area (TPSA) is 26.5 Å². The molecule has 0 amide bonds. The Kier molecular flexibility index (Phi) is 7.76. The molecule has 0 atom stereocenters. The molecule has 1 aliphatic heterocycles. The van der Waals surface area contributed by atoms with E-state index in [1.54, 1.807) is 0 Å². The van der Waals surface area contributed by atoms with Crippen LogP contribution in [0, 0.1) is 6.57 Å². The highest BCUT2D eigenvalue weighted by Gasteiger charge is 2.45. The summed E-state index contributed by atoms with van der Waals surface area (Å²) in [4.78, 5) is 8.69. The summed E-state index contributed by atoms with van der Waals surface area (Å²) in [6.45, 7) is 7.36. The van der Waals surface area contributed by atoms with Crippen molar-refractivity contribution in [2.45, 2.75) is 5.41 Å². The summed E-state index contributed by atoms with van der Waals surface area (Å²) in [5.41, 5.74) is 12.8. The maximum Gasteiger partial charge on any atom is 0.187 e. The first kappa shape index (κ1) is 31.0. The summed E-state index contributed by atoms with van der Waals surface area (Å²) in [5, 5.41) is 0. The van der Waals surface area contributed by atoms with Gasteiger partial charge in [-0.15, -0.1) is 0 Å². The van der Waals surface area contributed by atoms with Gasteiger partial charge in [-0.3, -0.25) is 0 Å². The van der Waals surface area contributed by atoms with Crippen LogP contribution in [0.5, 0.6) is 11.5 Å². The van der Waals surface area contributed by atoms with Gasteiger partial charge in [0.15, 0.2) is 5.69 Å². The van der Waals surface area contributed by atoms with Gasteiger partial charge in [-0.2, -0.15) is 0 Å². The molecule has 0 bridgehead atoms. The van der Waals surface area contributed by atoms with Crippen molar-refractivity contribution in [2.24, 2.45) is 0 Å². The molecular weight excluding hydrogens is 633 g/mol. The van der Waals surface area contributed by atoms with Crippen LogP contribution in [0.3, 0.4) is 0 Å².